The minimum atomic E-state index is -1.91. The molecule has 5 atom stereocenters. The SMILES string of the molecule is CC(Cc1ccccc1)NC(=O)[C@H](O)[C@@H](O)[C@H](O)[C@H](O)CO. The maximum atomic E-state index is 11.8. The van der Waals surface area contributed by atoms with Crippen LogP contribution in [0.5, 0.6) is 0 Å². The first-order valence-electron chi connectivity index (χ1n) is 7.04. The van der Waals surface area contributed by atoms with E-state index in [1.165, 1.54) is 0 Å². The van der Waals surface area contributed by atoms with Crippen LogP contribution in [0.1, 0.15) is 12.5 Å². The Hall–Kier alpha value is -1.51. The van der Waals surface area contributed by atoms with Crippen molar-refractivity contribution in [3.63, 3.8) is 0 Å². The maximum Gasteiger partial charge on any atom is 0.251 e. The van der Waals surface area contributed by atoms with Crippen molar-refractivity contribution in [2.45, 2.75) is 43.8 Å². The van der Waals surface area contributed by atoms with Gasteiger partial charge < -0.3 is 30.8 Å². The fourth-order valence-electron chi connectivity index (χ4n) is 2.02. The van der Waals surface area contributed by atoms with Crippen LogP contribution in [0.3, 0.4) is 0 Å². The van der Waals surface area contributed by atoms with Gasteiger partial charge in [0.25, 0.3) is 5.91 Å². The van der Waals surface area contributed by atoms with Crippen LogP contribution in [0, 0.1) is 0 Å². The summed E-state index contributed by atoms with van der Waals surface area (Å²) in [4.78, 5) is 11.8. The first-order valence-corrected chi connectivity index (χ1v) is 7.04. The molecule has 22 heavy (non-hydrogen) atoms. The van der Waals surface area contributed by atoms with Crippen LogP contribution in [0.2, 0.25) is 0 Å². The normalized spacial score (nSPS) is 18.1. The van der Waals surface area contributed by atoms with Gasteiger partial charge in [0.15, 0.2) is 6.10 Å². The van der Waals surface area contributed by atoms with E-state index >= 15 is 0 Å². The molecule has 0 spiro atoms. The summed E-state index contributed by atoms with van der Waals surface area (Å²) >= 11 is 0. The number of amides is 1. The number of carbonyl (C=O) groups is 1. The summed E-state index contributed by atoms with van der Waals surface area (Å²) in [7, 11) is 0. The van der Waals surface area contributed by atoms with Crippen molar-refractivity contribution in [1.82, 2.24) is 5.32 Å². The van der Waals surface area contributed by atoms with Crippen LogP contribution in [-0.4, -0.2) is 68.5 Å². The Labute approximate surface area is 128 Å². The lowest BCUT2D eigenvalue weighted by Gasteiger charge is -2.26. The molecule has 1 unspecified atom stereocenters. The third kappa shape index (κ3) is 5.36. The van der Waals surface area contributed by atoms with Gasteiger partial charge in [0.05, 0.1) is 6.61 Å². The number of hydrogen-bond donors (Lipinski definition) is 6. The van der Waals surface area contributed by atoms with Crippen LogP contribution in [0.25, 0.3) is 0 Å². The zero-order valence-corrected chi connectivity index (χ0v) is 12.3. The number of nitrogens with one attached hydrogen (secondary N) is 1. The lowest BCUT2D eigenvalue weighted by Crippen LogP contribution is -2.53. The molecule has 0 saturated heterocycles. The molecule has 0 aliphatic heterocycles. The monoisotopic (exact) mass is 313 g/mol. The van der Waals surface area contributed by atoms with E-state index in [4.69, 9.17) is 5.11 Å². The Kier molecular flexibility index (Phi) is 7.43. The van der Waals surface area contributed by atoms with Crippen LogP contribution in [0.15, 0.2) is 30.3 Å². The van der Waals surface area contributed by atoms with E-state index in [2.05, 4.69) is 5.32 Å². The Morgan fingerprint density at radius 1 is 1.09 bits per heavy atom. The number of hydrogen-bond acceptors (Lipinski definition) is 6. The summed E-state index contributed by atoms with van der Waals surface area (Å²) in [5, 5.41) is 49.2. The van der Waals surface area contributed by atoms with Crippen molar-refractivity contribution in [1.29, 1.82) is 0 Å². The lowest BCUT2D eigenvalue weighted by molar-refractivity contribution is -0.149. The topological polar surface area (TPSA) is 130 Å². The molecule has 0 heterocycles. The molecule has 0 fully saturated rings. The molecule has 1 aromatic rings. The van der Waals surface area contributed by atoms with Crippen LogP contribution in [-0.2, 0) is 11.2 Å². The highest BCUT2D eigenvalue weighted by atomic mass is 16.4. The average Bonchev–Trinajstić information content (AvgIpc) is 2.52. The maximum absolute atomic E-state index is 11.8. The number of aliphatic hydroxyl groups is 5. The van der Waals surface area contributed by atoms with E-state index < -0.39 is 36.9 Å². The van der Waals surface area contributed by atoms with Crippen LogP contribution >= 0.6 is 0 Å². The molecular weight excluding hydrogens is 290 g/mol. The molecule has 0 saturated carbocycles. The molecule has 0 aliphatic carbocycles. The number of benzene rings is 1. The van der Waals surface area contributed by atoms with E-state index in [0.717, 1.165) is 5.56 Å². The van der Waals surface area contributed by atoms with E-state index in [1.807, 2.05) is 30.3 Å². The summed E-state index contributed by atoms with van der Waals surface area (Å²) in [5.41, 5.74) is 1.00. The fraction of sp³-hybridized carbons (Fsp3) is 0.533. The Balaban J connectivity index is 2.52. The number of carbonyl (C=O) groups excluding carboxylic acids is 1. The first kappa shape index (κ1) is 18.5. The minimum absolute atomic E-state index is 0.295. The van der Waals surface area contributed by atoms with Crippen LogP contribution < -0.4 is 5.32 Å². The molecule has 0 radical (unpaired) electrons. The van der Waals surface area contributed by atoms with Gasteiger partial charge in [0.1, 0.15) is 18.3 Å². The van der Waals surface area contributed by atoms with Gasteiger partial charge in [-0.1, -0.05) is 30.3 Å². The summed E-state index contributed by atoms with van der Waals surface area (Å²) in [6.07, 6.45) is -6.73. The molecular formula is C15H23NO6. The highest BCUT2D eigenvalue weighted by molar-refractivity contribution is 5.81. The summed E-state index contributed by atoms with van der Waals surface area (Å²) in [6, 6.07) is 9.12. The first-order chi connectivity index (χ1) is 10.4. The van der Waals surface area contributed by atoms with E-state index in [0.29, 0.717) is 6.42 Å². The smallest absolute Gasteiger partial charge is 0.251 e. The van der Waals surface area contributed by atoms with Gasteiger partial charge in [-0.25, -0.2) is 0 Å². The van der Waals surface area contributed by atoms with Crippen LogP contribution in [0.4, 0.5) is 0 Å². The lowest BCUT2D eigenvalue weighted by atomic mass is 10.0. The van der Waals surface area contributed by atoms with Gasteiger partial charge in [0, 0.05) is 6.04 Å². The van der Waals surface area contributed by atoms with Crippen molar-refractivity contribution >= 4 is 5.91 Å². The van der Waals surface area contributed by atoms with E-state index in [1.54, 1.807) is 6.92 Å². The summed E-state index contributed by atoms with van der Waals surface area (Å²) in [5.74, 6) is -0.861. The Morgan fingerprint density at radius 3 is 2.23 bits per heavy atom. The molecule has 1 rings (SSSR count). The molecule has 7 nitrogen and oxygen atoms in total. The molecule has 6 N–H and O–H groups in total. The second-order valence-electron chi connectivity index (χ2n) is 5.28. The van der Waals surface area contributed by atoms with Gasteiger partial charge in [-0.05, 0) is 18.9 Å². The van der Waals surface area contributed by atoms with Gasteiger partial charge in [0.2, 0.25) is 0 Å². The molecule has 1 aromatic carbocycles. The zero-order valence-electron chi connectivity index (χ0n) is 12.3. The fourth-order valence-corrected chi connectivity index (χ4v) is 2.02. The average molecular weight is 313 g/mol. The van der Waals surface area contributed by atoms with Crippen molar-refractivity contribution in [3.8, 4) is 0 Å². The third-order valence-corrected chi connectivity index (χ3v) is 3.30. The third-order valence-electron chi connectivity index (χ3n) is 3.30. The van der Waals surface area contributed by atoms with Crippen molar-refractivity contribution in [2.24, 2.45) is 0 Å². The Bertz CT molecular complexity index is 455. The molecule has 7 heteroatoms. The number of aliphatic hydroxyl groups excluding tert-OH is 5. The molecule has 124 valence electrons. The van der Waals surface area contributed by atoms with Gasteiger partial charge in [-0.3, -0.25) is 4.79 Å². The summed E-state index contributed by atoms with van der Waals surface area (Å²) < 4.78 is 0. The minimum Gasteiger partial charge on any atom is -0.394 e. The van der Waals surface area contributed by atoms with Gasteiger partial charge >= 0.3 is 0 Å². The standard InChI is InChI=1S/C15H23NO6/c1-9(7-10-5-3-2-4-6-10)16-15(22)14(21)13(20)12(19)11(18)8-17/h2-6,9,11-14,17-21H,7-8H2,1H3,(H,16,22)/t9?,11-,12-,13+,14-/m1/s1. The highest BCUT2D eigenvalue weighted by Crippen LogP contribution is 2.07. The quantitative estimate of drug-likeness (QED) is 0.335. The van der Waals surface area contributed by atoms with Crippen molar-refractivity contribution in [3.05, 3.63) is 35.9 Å². The predicted octanol–water partition coefficient (Wildman–Crippen LogP) is -1.83. The Morgan fingerprint density at radius 2 is 1.68 bits per heavy atom. The summed E-state index contributed by atoms with van der Waals surface area (Å²) in [6.45, 7) is 0.944. The molecule has 0 aromatic heterocycles. The van der Waals surface area contributed by atoms with E-state index in [9.17, 15) is 25.2 Å². The second-order valence-corrected chi connectivity index (χ2v) is 5.28. The van der Waals surface area contributed by atoms with Crippen molar-refractivity contribution < 1.29 is 30.3 Å². The van der Waals surface area contributed by atoms with E-state index in [-0.39, 0.29) is 6.04 Å². The second kappa shape index (κ2) is 8.82. The molecule has 0 aliphatic rings. The molecule has 1 amide bonds. The largest absolute Gasteiger partial charge is 0.394 e. The predicted molar refractivity (Wildman–Crippen MR) is 78.9 cm³/mol. The zero-order chi connectivity index (χ0) is 16.7. The highest BCUT2D eigenvalue weighted by Gasteiger charge is 2.34. The van der Waals surface area contributed by atoms with Gasteiger partial charge in [-0.15, -0.1) is 0 Å². The van der Waals surface area contributed by atoms with Crippen molar-refractivity contribution in [2.75, 3.05) is 6.61 Å². The van der Waals surface area contributed by atoms with Gasteiger partial charge in [-0.2, -0.15) is 0 Å². The molecule has 0 bridgehead atoms. The number of rotatable bonds is 8.